The highest BCUT2D eigenvalue weighted by molar-refractivity contribution is 5.01. The first-order chi connectivity index (χ1) is 8.52. The first kappa shape index (κ1) is 13.0. The standard InChI is InChI=1S/C12H18N2O4/c1-7-4-10(18-9(7)6-17-3)14-5-8(2)11(15)13-12(14)16/h5,7,9-10H,4,6H2,1-3H3,(H,13,15,16). The fourth-order valence-corrected chi connectivity index (χ4v) is 2.21. The van der Waals surface area contributed by atoms with Gasteiger partial charge in [-0.05, 0) is 19.3 Å². The minimum absolute atomic E-state index is 0.0147. The fourth-order valence-electron chi connectivity index (χ4n) is 2.21. The van der Waals surface area contributed by atoms with Crippen LogP contribution in [0.1, 0.15) is 25.1 Å². The molecular weight excluding hydrogens is 236 g/mol. The molecule has 0 spiro atoms. The Bertz CT molecular complexity index is 534. The van der Waals surface area contributed by atoms with E-state index in [0.717, 1.165) is 6.42 Å². The summed E-state index contributed by atoms with van der Waals surface area (Å²) in [6, 6.07) is 0. The average molecular weight is 254 g/mol. The Labute approximate surface area is 105 Å². The van der Waals surface area contributed by atoms with Gasteiger partial charge in [0.05, 0.1) is 12.7 Å². The summed E-state index contributed by atoms with van der Waals surface area (Å²) in [5.41, 5.74) is -0.280. The van der Waals surface area contributed by atoms with Crippen molar-refractivity contribution >= 4 is 0 Å². The molecule has 1 N–H and O–H groups in total. The van der Waals surface area contributed by atoms with Crippen LogP contribution in [0.3, 0.4) is 0 Å². The molecule has 0 radical (unpaired) electrons. The molecule has 1 aromatic rings. The molecular formula is C12H18N2O4. The van der Waals surface area contributed by atoms with Crippen LogP contribution >= 0.6 is 0 Å². The first-order valence-corrected chi connectivity index (χ1v) is 5.99. The maximum atomic E-state index is 11.7. The van der Waals surface area contributed by atoms with Gasteiger partial charge in [0.2, 0.25) is 0 Å². The Balaban J connectivity index is 2.26. The number of hydrogen-bond acceptors (Lipinski definition) is 4. The molecule has 1 fully saturated rings. The Hall–Kier alpha value is -1.40. The predicted octanol–water partition coefficient (Wildman–Crippen LogP) is 0.415. The SMILES string of the molecule is COCC1OC(n2cc(C)c(=O)[nH]c2=O)CC1C. The van der Waals surface area contributed by atoms with Crippen molar-refractivity contribution in [2.75, 3.05) is 13.7 Å². The van der Waals surface area contributed by atoms with Crippen molar-refractivity contribution in [2.45, 2.75) is 32.6 Å². The number of nitrogens with zero attached hydrogens (tertiary/aromatic N) is 1. The third-order valence-electron chi connectivity index (χ3n) is 3.33. The van der Waals surface area contributed by atoms with E-state index in [9.17, 15) is 9.59 Å². The quantitative estimate of drug-likeness (QED) is 0.848. The van der Waals surface area contributed by atoms with Crippen molar-refractivity contribution in [3.05, 3.63) is 32.6 Å². The van der Waals surface area contributed by atoms with Gasteiger partial charge in [-0.25, -0.2) is 4.79 Å². The van der Waals surface area contributed by atoms with E-state index in [2.05, 4.69) is 11.9 Å². The van der Waals surface area contributed by atoms with Crippen molar-refractivity contribution in [3.63, 3.8) is 0 Å². The number of nitrogens with one attached hydrogen (secondary N) is 1. The number of aromatic amines is 1. The van der Waals surface area contributed by atoms with E-state index in [1.165, 1.54) is 4.57 Å². The van der Waals surface area contributed by atoms with Gasteiger partial charge in [-0.15, -0.1) is 0 Å². The number of aryl methyl sites for hydroxylation is 1. The molecule has 3 atom stereocenters. The van der Waals surface area contributed by atoms with Crippen LogP contribution in [0.4, 0.5) is 0 Å². The highest BCUT2D eigenvalue weighted by atomic mass is 16.5. The zero-order valence-electron chi connectivity index (χ0n) is 10.8. The zero-order valence-corrected chi connectivity index (χ0v) is 10.8. The molecule has 3 unspecified atom stereocenters. The van der Waals surface area contributed by atoms with Gasteiger partial charge in [-0.2, -0.15) is 0 Å². The van der Waals surface area contributed by atoms with Crippen LogP contribution in [0.25, 0.3) is 0 Å². The number of aromatic nitrogens is 2. The summed E-state index contributed by atoms with van der Waals surface area (Å²) < 4.78 is 12.3. The molecule has 0 amide bonds. The van der Waals surface area contributed by atoms with E-state index in [4.69, 9.17) is 9.47 Å². The third kappa shape index (κ3) is 2.39. The van der Waals surface area contributed by atoms with E-state index in [-0.39, 0.29) is 17.9 Å². The predicted molar refractivity (Wildman–Crippen MR) is 65.6 cm³/mol. The second kappa shape index (κ2) is 5.07. The van der Waals surface area contributed by atoms with Crippen LogP contribution < -0.4 is 11.2 Å². The number of ether oxygens (including phenoxy) is 2. The fraction of sp³-hybridized carbons (Fsp3) is 0.667. The molecule has 0 aliphatic carbocycles. The van der Waals surface area contributed by atoms with E-state index in [1.807, 2.05) is 0 Å². The van der Waals surface area contributed by atoms with Crippen LogP contribution in [-0.2, 0) is 9.47 Å². The second-order valence-corrected chi connectivity index (χ2v) is 4.78. The maximum absolute atomic E-state index is 11.7. The summed E-state index contributed by atoms with van der Waals surface area (Å²) in [4.78, 5) is 25.3. The summed E-state index contributed by atoms with van der Waals surface area (Å²) in [6.45, 7) is 4.24. The second-order valence-electron chi connectivity index (χ2n) is 4.78. The molecule has 2 rings (SSSR count). The van der Waals surface area contributed by atoms with Crippen molar-refractivity contribution < 1.29 is 9.47 Å². The number of H-pyrrole nitrogens is 1. The lowest BCUT2D eigenvalue weighted by molar-refractivity contribution is -0.0405. The lowest BCUT2D eigenvalue weighted by Gasteiger charge is -2.16. The molecule has 0 aromatic carbocycles. The van der Waals surface area contributed by atoms with Gasteiger partial charge in [0.25, 0.3) is 5.56 Å². The number of rotatable bonds is 3. The lowest BCUT2D eigenvalue weighted by atomic mass is 10.0. The van der Waals surface area contributed by atoms with Gasteiger partial charge in [-0.3, -0.25) is 14.3 Å². The molecule has 18 heavy (non-hydrogen) atoms. The largest absolute Gasteiger partial charge is 0.382 e. The topological polar surface area (TPSA) is 73.3 Å². The van der Waals surface area contributed by atoms with E-state index in [1.54, 1.807) is 20.2 Å². The van der Waals surface area contributed by atoms with E-state index >= 15 is 0 Å². The Morgan fingerprint density at radius 2 is 2.28 bits per heavy atom. The van der Waals surface area contributed by atoms with Crippen LogP contribution in [0.5, 0.6) is 0 Å². The normalized spacial score (nSPS) is 27.6. The molecule has 1 aromatic heterocycles. The number of hydrogen-bond donors (Lipinski definition) is 1. The van der Waals surface area contributed by atoms with Crippen molar-refractivity contribution in [2.24, 2.45) is 5.92 Å². The summed E-state index contributed by atoms with van der Waals surface area (Å²) in [6.07, 6.45) is 1.94. The Morgan fingerprint density at radius 3 is 2.94 bits per heavy atom. The Morgan fingerprint density at radius 1 is 1.56 bits per heavy atom. The van der Waals surface area contributed by atoms with Crippen LogP contribution in [0, 0.1) is 12.8 Å². The molecule has 1 aliphatic heterocycles. The monoisotopic (exact) mass is 254 g/mol. The molecule has 0 bridgehead atoms. The van der Waals surface area contributed by atoms with Crippen LogP contribution in [0.2, 0.25) is 0 Å². The molecule has 1 aliphatic rings. The molecule has 1 saturated heterocycles. The van der Waals surface area contributed by atoms with Gasteiger partial charge in [0, 0.05) is 18.9 Å². The van der Waals surface area contributed by atoms with E-state index < -0.39 is 5.69 Å². The van der Waals surface area contributed by atoms with Gasteiger partial charge >= 0.3 is 5.69 Å². The molecule has 6 nitrogen and oxygen atoms in total. The molecule has 100 valence electrons. The third-order valence-corrected chi connectivity index (χ3v) is 3.33. The smallest absolute Gasteiger partial charge is 0.330 e. The van der Waals surface area contributed by atoms with Crippen LogP contribution in [-0.4, -0.2) is 29.4 Å². The summed E-state index contributed by atoms with van der Waals surface area (Å²) in [7, 11) is 1.62. The van der Waals surface area contributed by atoms with Gasteiger partial charge in [0.1, 0.15) is 6.23 Å². The summed E-state index contributed by atoms with van der Waals surface area (Å²) >= 11 is 0. The minimum Gasteiger partial charge on any atom is -0.382 e. The Kier molecular flexibility index (Phi) is 3.68. The summed E-state index contributed by atoms with van der Waals surface area (Å²) in [5.74, 6) is 0.314. The van der Waals surface area contributed by atoms with Crippen molar-refractivity contribution in [3.8, 4) is 0 Å². The first-order valence-electron chi connectivity index (χ1n) is 5.99. The van der Waals surface area contributed by atoms with Gasteiger partial charge < -0.3 is 9.47 Å². The minimum atomic E-state index is -0.430. The maximum Gasteiger partial charge on any atom is 0.330 e. The number of methoxy groups -OCH3 is 1. The van der Waals surface area contributed by atoms with Gasteiger partial charge in [-0.1, -0.05) is 6.92 Å². The van der Waals surface area contributed by atoms with Crippen molar-refractivity contribution in [1.82, 2.24) is 9.55 Å². The van der Waals surface area contributed by atoms with E-state index in [0.29, 0.717) is 18.1 Å². The molecule has 0 saturated carbocycles. The highest BCUT2D eigenvalue weighted by Gasteiger charge is 2.33. The summed E-state index contributed by atoms with van der Waals surface area (Å²) in [5, 5.41) is 0. The van der Waals surface area contributed by atoms with Crippen molar-refractivity contribution in [1.29, 1.82) is 0 Å². The molecule has 6 heteroatoms. The lowest BCUT2D eigenvalue weighted by Crippen LogP contribution is -2.33. The molecule has 2 heterocycles. The average Bonchev–Trinajstić information content (AvgIpc) is 2.66. The zero-order chi connectivity index (χ0) is 13.3. The van der Waals surface area contributed by atoms with Crippen LogP contribution in [0.15, 0.2) is 15.8 Å². The van der Waals surface area contributed by atoms with Gasteiger partial charge in [0.15, 0.2) is 0 Å². The highest BCUT2D eigenvalue weighted by Crippen LogP contribution is 2.32.